The number of carbonyl (C=O) groups is 1. The summed E-state index contributed by atoms with van der Waals surface area (Å²) in [6.07, 6.45) is 0.406. The molecule has 1 fully saturated rings. The van der Waals surface area contributed by atoms with Crippen molar-refractivity contribution in [2.45, 2.75) is 6.42 Å². The number of methoxy groups -OCH3 is 1. The van der Waals surface area contributed by atoms with Crippen LogP contribution in [0.4, 0.5) is 11.4 Å². The zero-order valence-electron chi connectivity index (χ0n) is 17.2. The molecule has 0 amide bonds. The number of benzene rings is 2. The second-order valence-electron chi connectivity index (χ2n) is 7.26. The standard InChI is InChI=1S/C22H23N3O4S.ClH/c1-29-21-5-3-2-4-19(21)24-12-10-23(11-13-24)9-8-20(26)18-15-30-22-7-6-16(25(27)28)14-17(18)22;/h2-7,14-15H,8-13H2,1H3;1H. The number of ketones is 1. The highest BCUT2D eigenvalue weighted by molar-refractivity contribution is 7.17. The van der Waals surface area contributed by atoms with E-state index in [1.807, 2.05) is 23.6 Å². The molecule has 4 rings (SSSR count). The maximum atomic E-state index is 12.8. The van der Waals surface area contributed by atoms with Crippen molar-refractivity contribution in [1.82, 2.24) is 4.90 Å². The first-order valence-corrected chi connectivity index (χ1v) is 10.7. The van der Waals surface area contributed by atoms with E-state index in [-0.39, 0.29) is 23.9 Å². The molecule has 1 saturated heterocycles. The average Bonchev–Trinajstić information content (AvgIpc) is 3.21. The molecule has 164 valence electrons. The summed E-state index contributed by atoms with van der Waals surface area (Å²) in [6.45, 7) is 4.19. The normalized spacial score (nSPS) is 14.3. The van der Waals surface area contributed by atoms with Crippen molar-refractivity contribution in [3.05, 3.63) is 63.5 Å². The van der Waals surface area contributed by atoms with Crippen LogP contribution in [-0.4, -0.2) is 55.4 Å². The highest BCUT2D eigenvalue weighted by atomic mass is 35.5. The van der Waals surface area contributed by atoms with E-state index in [0.29, 0.717) is 23.9 Å². The van der Waals surface area contributed by atoms with E-state index in [9.17, 15) is 14.9 Å². The summed E-state index contributed by atoms with van der Waals surface area (Å²) in [4.78, 5) is 28.0. The molecular formula is C22H24ClN3O4S. The van der Waals surface area contributed by atoms with E-state index in [0.717, 1.165) is 42.3 Å². The zero-order chi connectivity index (χ0) is 21.1. The van der Waals surface area contributed by atoms with Gasteiger partial charge in [-0.2, -0.15) is 0 Å². The maximum Gasteiger partial charge on any atom is 0.270 e. The molecule has 1 aromatic heterocycles. The van der Waals surface area contributed by atoms with E-state index in [1.54, 1.807) is 13.2 Å². The van der Waals surface area contributed by atoms with E-state index < -0.39 is 4.92 Å². The van der Waals surface area contributed by atoms with Crippen molar-refractivity contribution in [3.8, 4) is 5.75 Å². The molecule has 1 aliphatic heterocycles. The minimum Gasteiger partial charge on any atom is -0.495 e. The number of nitrogens with zero attached hydrogens (tertiary/aromatic N) is 3. The number of thiophene rings is 1. The molecule has 3 aromatic rings. The van der Waals surface area contributed by atoms with Gasteiger partial charge < -0.3 is 9.64 Å². The Morgan fingerprint density at radius 2 is 1.90 bits per heavy atom. The van der Waals surface area contributed by atoms with Gasteiger partial charge in [0.25, 0.3) is 5.69 Å². The van der Waals surface area contributed by atoms with E-state index in [2.05, 4.69) is 15.9 Å². The van der Waals surface area contributed by atoms with Gasteiger partial charge in [-0.25, -0.2) is 0 Å². The van der Waals surface area contributed by atoms with Gasteiger partial charge in [0, 0.05) is 72.3 Å². The molecule has 1 aliphatic rings. The molecule has 0 spiro atoms. The molecule has 7 nitrogen and oxygen atoms in total. The highest BCUT2D eigenvalue weighted by Crippen LogP contribution is 2.31. The molecule has 0 aliphatic carbocycles. The van der Waals surface area contributed by atoms with Crippen LogP contribution >= 0.6 is 23.7 Å². The minimum atomic E-state index is -0.424. The Balaban J connectivity index is 0.00000272. The quantitative estimate of drug-likeness (QED) is 0.290. The number of non-ortho nitro benzene ring substituents is 1. The van der Waals surface area contributed by atoms with Gasteiger partial charge in [-0.1, -0.05) is 12.1 Å². The van der Waals surface area contributed by atoms with Crippen molar-refractivity contribution in [2.75, 3.05) is 44.7 Å². The SMILES string of the molecule is COc1ccccc1N1CCN(CCC(=O)c2csc3ccc([N+](=O)[O-])cc23)CC1.Cl. The Morgan fingerprint density at radius 3 is 2.61 bits per heavy atom. The predicted octanol–water partition coefficient (Wildman–Crippen LogP) is 4.63. The van der Waals surface area contributed by atoms with Gasteiger partial charge in [-0.05, 0) is 18.2 Å². The summed E-state index contributed by atoms with van der Waals surface area (Å²) in [7, 11) is 1.68. The largest absolute Gasteiger partial charge is 0.495 e. The van der Waals surface area contributed by atoms with Crippen LogP contribution in [0.5, 0.6) is 5.75 Å². The average molecular weight is 462 g/mol. The van der Waals surface area contributed by atoms with E-state index >= 15 is 0 Å². The van der Waals surface area contributed by atoms with Crippen LogP contribution in [0.1, 0.15) is 16.8 Å². The van der Waals surface area contributed by atoms with Crippen LogP contribution < -0.4 is 9.64 Å². The second kappa shape index (κ2) is 10.1. The number of carbonyl (C=O) groups excluding carboxylic acids is 1. The number of nitro groups is 1. The number of Topliss-reactive ketones (excluding diaryl/α,β-unsaturated/α-hetero) is 1. The van der Waals surface area contributed by atoms with Crippen LogP contribution in [0, 0.1) is 10.1 Å². The molecule has 9 heteroatoms. The Kier molecular flexibility index (Phi) is 7.48. The fourth-order valence-electron chi connectivity index (χ4n) is 3.84. The summed E-state index contributed by atoms with van der Waals surface area (Å²) < 4.78 is 6.36. The molecule has 31 heavy (non-hydrogen) atoms. The lowest BCUT2D eigenvalue weighted by Crippen LogP contribution is -2.47. The highest BCUT2D eigenvalue weighted by Gasteiger charge is 2.21. The number of ether oxygens (including phenoxy) is 1. The van der Waals surface area contributed by atoms with Crippen LogP contribution in [0.25, 0.3) is 10.1 Å². The van der Waals surface area contributed by atoms with E-state index in [1.165, 1.54) is 23.5 Å². The molecular weight excluding hydrogens is 438 g/mol. The molecule has 0 radical (unpaired) electrons. The van der Waals surface area contributed by atoms with Gasteiger partial charge in [0.1, 0.15) is 5.75 Å². The topological polar surface area (TPSA) is 75.9 Å². The summed E-state index contributed by atoms with van der Waals surface area (Å²) >= 11 is 1.45. The minimum absolute atomic E-state index is 0. The lowest BCUT2D eigenvalue weighted by molar-refractivity contribution is -0.384. The lowest BCUT2D eigenvalue weighted by atomic mass is 10.1. The maximum absolute atomic E-state index is 12.8. The third-order valence-electron chi connectivity index (χ3n) is 5.52. The van der Waals surface area contributed by atoms with Crippen molar-refractivity contribution < 1.29 is 14.5 Å². The summed E-state index contributed by atoms with van der Waals surface area (Å²) in [6, 6.07) is 12.7. The van der Waals surface area contributed by atoms with Crippen molar-refractivity contribution in [2.24, 2.45) is 0 Å². The summed E-state index contributed by atoms with van der Waals surface area (Å²) in [5.74, 6) is 0.911. The summed E-state index contributed by atoms with van der Waals surface area (Å²) in [5.41, 5.74) is 1.70. The third kappa shape index (κ3) is 4.98. The molecule has 2 aromatic carbocycles. The van der Waals surface area contributed by atoms with Crippen molar-refractivity contribution in [1.29, 1.82) is 0 Å². The van der Waals surface area contributed by atoms with Crippen LogP contribution in [0.15, 0.2) is 47.8 Å². The smallest absolute Gasteiger partial charge is 0.270 e. The van der Waals surface area contributed by atoms with Crippen LogP contribution in [0.2, 0.25) is 0 Å². The first kappa shape index (κ1) is 23.0. The number of para-hydroxylation sites is 2. The van der Waals surface area contributed by atoms with Gasteiger partial charge in [0.15, 0.2) is 5.78 Å². The predicted molar refractivity (Wildman–Crippen MR) is 126 cm³/mol. The number of hydrogen-bond acceptors (Lipinski definition) is 7. The van der Waals surface area contributed by atoms with Crippen molar-refractivity contribution >= 4 is 51.0 Å². The van der Waals surface area contributed by atoms with Gasteiger partial charge >= 0.3 is 0 Å². The van der Waals surface area contributed by atoms with Gasteiger partial charge in [-0.3, -0.25) is 19.8 Å². The van der Waals surface area contributed by atoms with E-state index in [4.69, 9.17) is 4.74 Å². The molecule has 0 unspecified atom stereocenters. The number of hydrogen-bond donors (Lipinski definition) is 0. The molecule has 0 bridgehead atoms. The van der Waals surface area contributed by atoms with Crippen molar-refractivity contribution in [3.63, 3.8) is 0 Å². The molecule has 0 saturated carbocycles. The van der Waals surface area contributed by atoms with Gasteiger partial charge in [0.05, 0.1) is 17.7 Å². The molecule has 0 N–H and O–H groups in total. The number of fused-ring (bicyclic) bond motifs is 1. The fourth-order valence-corrected chi connectivity index (χ4v) is 4.79. The van der Waals surface area contributed by atoms with Gasteiger partial charge in [0.2, 0.25) is 0 Å². The number of nitro benzene ring substituents is 1. The number of halogens is 1. The second-order valence-corrected chi connectivity index (χ2v) is 8.17. The Hall–Kier alpha value is -2.68. The number of piperazine rings is 1. The van der Waals surface area contributed by atoms with Crippen LogP contribution in [-0.2, 0) is 0 Å². The molecule has 2 heterocycles. The summed E-state index contributed by atoms with van der Waals surface area (Å²) in [5, 5.41) is 13.6. The van der Waals surface area contributed by atoms with Gasteiger partial charge in [-0.15, -0.1) is 23.7 Å². The third-order valence-corrected chi connectivity index (χ3v) is 6.49. The Morgan fingerprint density at radius 1 is 1.16 bits per heavy atom. The lowest BCUT2D eigenvalue weighted by Gasteiger charge is -2.36. The Labute approximate surface area is 190 Å². The zero-order valence-corrected chi connectivity index (χ0v) is 18.8. The monoisotopic (exact) mass is 461 g/mol. The first-order chi connectivity index (χ1) is 14.6. The first-order valence-electron chi connectivity index (χ1n) is 9.86. The van der Waals surface area contributed by atoms with Crippen LogP contribution in [0.3, 0.4) is 0 Å². The molecule has 0 atom stereocenters. The Bertz CT molecular complexity index is 1080. The fraction of sp³-hybridized carbons (Fsp3) is 0.318. The number of anilines is 1. The number of rotatable bonds is 7.